The summed E-state index contributed by atoms with van der Waals surface area (Å²) in [4.78, 5) is 0. The fraction of sp³-hybridized carbons (Fsp3) is 0.478. The van der Waals surface area contributed by atoms with Gasteiger partial charge in [0.05, 0.1) is 0 Å². The summed E-state index contributed by atoms with van der Waals surface area (Å²) in [5, 5.41) is 1.88. The Balaban J connectivity index is 2.53. The van der Waals surface area contributed by atoms with Crippen LogP contribution in [-0.2, 0) is 32.1 Å². The highest BCUT2D eigenvalue weighted by Gasteiger charge is 2.15. The second-order valence-corrected chi connectivity index (χ2v) is 8.68. The molecule has 0 radical (unpaired) electrons. The molecule has 0 aromatic heterocycles. The predicted molar refractivity (Wildman–Crippen MR) is 128 cm³/mol. The molecule has 148 valence electrons. The van der Waals surface area contributed by atoms with Crippen LogP contribution in [0.1, 0.15) is 60.1 Å². The quantitative estimate of drug-likeness (QED) is 0.303. The summed E-state index contributed by atoms with van der Waals surface area (Å²) in [7, 11) is 0. The largest absolute Gasteiger partial charge is 0.398 e. The first-order valence-electron chi connectivity index (χ1n) is 9.97. The molecule has 0 aliphatic heterocycles. The van der Waals surface area contributed by atoms with Crippen LogP contribution in [0.15, 0.2) is 24.3 Å². The zero-order valence-corrected chi connectivity index (χ0v) is 19.8. The third-order valence-corrected chi connectivity index (χ3v) is 5.99. The first-order valence-corrected chi connectivity index (χ1v) is 12.2. The Morgan fingerprint density at radius 3 is 1.37 bits per heavy atom. The minimum atomic E-state index is 0.924. The van der Waals surface area contributed by atoms with Crippen molar-refractivity contribution in [3.63, 3.8) is 0 Å². The fourth-order valence-electron chi connectivity index (χ4n) is 3.96. The molecule has 0 aliphatic carbocycles. The van der Waals surface area contributed by atoms with E-state index in [0.717, 1.165) is 67.0 Å². The van der Waals surface area contributed by atoms with E-state index in [9.17, 15) is 0 Å². The average Bonchev–Trinajstić information content (AvgIpc) is 2.65. The molecule has 0 heterocycles. The molecule has 2 rings (SSSR count). The van der Waals surface area contributed by atoms with Gasteiger partial charge in [0.25, 0.3) is 0 Å². The Hall–Kier alpha value is -1.00. The number of rotatable bonds is 10. The Labute approximate surface area is 181 Å². The maximum absolute atomic E-state index is 6.32. The van der Waals surface area contributed by atoms with Crippen LogP contribution in [-0.4, -0.2) is 10.7 Å². The number of halogens is 2. The van der Waals surface area contributed by atoms with Crippen molar-refractivity contribution >= 4 is 43.2 Å². The lowest BCUT2D eigenvalue weighted by molar-refractivity contribution is 0.866. The van der Waals surface area contributed by atoms with Crippen LogP contribution in [0.5, 0.6) is 0 Å². The molecule has 0 saturated heterocycles. The predicted octanol–water partition coefficient (Wildman–Crippen LogP) is 6.22. The summed E-state index contributed by atoms with van der Waals surface area (Å²) in [6.07, 6.45) is 7.33. The Morgan fingerprint density at radius 2 is 1.04 bits per heavy atom. The molecule has 0 saturated carbocycles. The summed E-state index contributed by atoms with van der Waals surface area (Å²) >= 11 is 7.18. The highest BCUT2D eigenvalue weighted by molar-refractivity contribution is 9.09. The lowest BCUT2D eigenvalue weighted by Crippen LogP contribution is -2.09. The number of nitrogens with two attached hydrogens (primary N) is 2. The molecule has 0 unspecified atom stereocenters. The molecular formula is C23H32Br2N2. The van der Waals surface area contributed by atoms with E-state index in [4.69, 9.17) is 11.5 Å². The van der Waals surface area contributed by atoms with E-state index in [0.29, 0.717) is 0 Å². The molecule has 0 aliphatic rings. The molecule has 0 amide bonds. The number of benzene rings is 2. The van der Waals surface area contributed by atoms with Gasteiger partial charge in [0, 0.05) is 22.0 Å². The van der Waals surface area contributed by atoms with Crippen molar-refractivity contribution in [3.8, 4) is 0 Å². The van der Waals surface area contributed by atoms with Gasteiger partial charge in [-0.05, 0) is 77.6 Å². The van der Waals surface area contributed by atoms with Crippen LogP contribution in [0.3, 0.4) is 0 Å². The van der Waals surface area contributed by atoms with Gasteiger partial charge in [-0.2, -0.15) is 0 Å². The summed E-state index contributed by atoms with van der Waals surface area (Å²) in [5.74, 6) is 0. The van der Waals surface area contributed by atoms with Crippen molar-refractivity contribution in [3.05, 3.63) is 57.6 Å². The van der Waals surface area contributed by atoms with Gasteiger partial charge in [0.15, 0.2) is 0 Å². The molecule has 4 N–H and O–H groups in total. The first kappa shape index (κ1) is 22.3. The Morgan fingerprint density at radius 1 is 0.630 bits per heavy atom. The molecule has 2 nitrogen and oxygen atoms in total. The van der Waals surface area contributed by atoms with E-state index in [-0.39, 0.29) is 0 Å². The number of alkyl halides is 2. The normalized spacial score (nSPS) is 11.1. The van der Waals surface area contributed by atoms with Gasteiger partial charge in [-0.15, -0.1) is 0 Å². The van der Waals surface area contributed by atoms with Crippen molar-refractivity contribution in [1.29, 1.82) is 0 Å². The van der Waals surface area contributed by atoms with Gasteiger partial charge in [-0.25, -0.2) is 0 Å². The molecule has 4 heteroatoms. The topological polar surface area (TPSA) is 52.0 Å². The Kier molecular flexibility index (Phi) is 9.17. The molecule has 0 spiro atoms. The second-order valence-electron chi connectivity index (χ2n) is 7.10. The molecule has 0 atom stereocenters. The summed E-state index contributed by atoms with van der Waals surface area (Å²) in [6, 6.07) is 8.63. The molecule has 0 bridgehead atoms. The van der Waals surface area contributed by atoms with Crippen molar-refractivity contribution in [2.24, 2.45) is 0 Å². The van der Waals surface area contributed by atoms with E-state index in [1.54, 1.807) is 0 Å². The van der Waals surface area contributed by atoms with Crippen LogP contribution in [0.4, 0.5) is 11.4 Å². The standard InChI is InChI=1S/C23H32Br2N2/c1-3-5-18-16(7-9-22(26)20(18)11-13-24)15-17-8-10-23(27)21(12-14-25)19(17)6-4-2/h7-10H,3-6,11-15,26-27H2,1-2H3. The highest BCUT2D eigenvalue weighted by Crippen LogP contribution is 2.30. The van der Waals surface area contributed by atoms with E-state index in [1.165, 1.54) is 33.4 Å². The SMILES string of the molecule is CCCc1c(Cc2ccc(N)c(CCBr)c2CCC)ccc(N)c1CCBr. The molecule has 2 aromatic rings. The van der Waals surface area contributed by atoms with Crippen LogP contribution in [0.2, 0.25) is 0 Å². The van der Waals surface area contributed by atoms with Crippen LogP contribution in [0.25, 0.3) is 0 Å². The maximum Gasteiger partial charge on any atom is 0.0349 e. The van der Waals surface area contributed by atoms with Gasteiger partial charge >= 0.3 is 0 Å². The third-order valence-electron chi connectivity index (χ3n) is 5.20. The Bertz CT molecular complexity index is 693. The fourth-order valence-corrected chi connectivity index (χ4v) is 4.75. The number of hydrogen-bond donors (Lipinski definition) is 2. The first-order chi connectivity index (χ1) is 13.1. The van der Waals surface area contributed by atoms with E-state index in [1.807, 2.05) is 0 Å². The number of hydrogen-bond acceptors (Lipinski definition) is 2. The van der Waals surface area contributed by atoms with Gasteiger partial charge in [-0.1, -0.05) is 70.7 Å². The third kappa shape index (κ3) is 5.51. The van der Waals surface area contributed by atoms with Crippen LogP contribution in [0, 0.1) is 0 Å². The minimum Gasteiger partial charge on any atom is -0.398 e. The van der Waals surface area contributed by atoms with E-state index in [2.05, 4.69) is 70.0 Å². The van der Waals surface area contributed by atoms with Crippen molar-refractivity contribution in [1.82, 2.24) is 0 Å². The van der Waals surface area contributed by atoms with Gasteiger partial charge in [0.2, 0.25) is 0 Å². The van der Waals surface area contributed by atoms with Crippen LogP contribution >= 0.6 is 31.9 Å². The number of anilines is 2. The maximum atomic E-state index is 6.32. The van der Waals surface area contributed by atoms with Gasteiger partial charge < -0.3 is 11.5 Å². The zero-order valence-electron chi connectivity index (χ0n) is 16.6. The smallest absolute Gasteiger partial charge is 0.0349 e. The second kappa shape index (κ2) is 11.1. The van der Waals surface area contributed by atoms with Crippen molar-refractivity contribution in [2.45, 2.75) is 58.8 Å². The highest BCUT2D eigenvalue weighted by atomic mass is 79.9. The zero-order chi connectivity index (χ0) is 19.8. The summed E-state index contributed by atoms with van der Waals surface area (Å²) in [6.45, 7) is 4.48. The summed E-state index contributed by atoms with van der Waals surface area (Å²) < 4.78 is 0. The molecule has 27 heavy (non-hydrogen) atoms. The van der Waals surface area contributed by atoms with Crippen LogP contribution < -0.4 is 11.5 Å². The van der Waals surface area contributed by atoms with Crippen molar-refractivity contribution in [2.75, 3.05) is 22.1 Å². The summed E-state index contributed by atoms with van der Waals surface area (Å²) in [5.41, 5.74) is 22.8. The monoisotopic (exact) mass is 494 g/mol. The lowest BCUT2D eigenvalue weighted by atomic mass is 9.87. The van der Waals surface area contributed by atoms with Gasteiger partial charge in [0.1, 0.15) is 0 Å². The van der Waals surface area contributed by atoms with Gasteiger partial charge in [-0.3, -0.25) is 0 Å². The minimum absolute atomic E-state index is 0.924. The van der Waals surface area contributed by atoms with Crippen molar-refractivity contribution < 1.29 is 0 Å². The average molecular weight is 496 g/mol. The molecule has 2 aromatic carbocycles. The lowest BCUT2D eigenvalue weighted by Gasteiger charge is -2.20. The van der Waals surface area contributed by atoms with E-state index >= 15 is 0 Å². The number of nitrogen functional groups attached to an aromatic ring is 2. The molecule has 0 fully saturated rings. The molecular weight excluding hydrogens is 464 g/mol. The van der Waals surface area contributed by atoms with E-state index < -0.39 is 0 Å².